The number of nitrogens with one attached hydrogen (secondary N) is 2. The summed E-state index contributed by atoms with van der Waals surface area (Å²) in [6, 6.07) is 8.38. The predicted octanol–water partition coefficient (Wildman–Crippen LogP) is 2.55. The first-order chi connectivity index (χ1) is 11.3. The number of rotatable bonds is 7. The lowest BCUT2D eigenvalue weighted by Gasteiger charge is -2.22. The summed E-state index contributed by atoms with van der Waals surface area (Å²) in [7, 11) is 0. The van der Waals surface area contributed by atoms with Gasteiger partial charge in [-0.2, -0.15) is 0 Å². The molecular formula is C18H27BrN4O. The van der Waals surface area contributed by atoms with Crippen LogP contribution in [0.15, 0.2) is 33.7 Å². The maximum absolute atomic E-state index is 11.4. The molecule has 0 spiro atoms. The molecule has 5 nitrogen and oxygen atoms in total. The molecule has 0 bridgehead atoms. The number of nitrogens with zero attached hydrogens (tertiary/aromatic N) is 1. The van der Waals surface area contributed by atoms with Crippen molar-refractivity contribution >= 4 is 27.8 Å². The molecule has 0 radical (unpaired) electrons. The summed E-state index contributed by atoms with van der Waals surface area (Å²) < 4.78 is 1.15. The summed E-state index contributed by atoms with van der Waals surface area (Å²) in [5.41, 5.74) is 6.27. The van der Waals surface area contributed by atoms with Crippen molar-refractivity contribution < 1.29 is 4.79 Å². The molecule has 132 valence electrons. The van der Waals surface area contributed by atoms with E-state index in [2.05, 4.69) is 49.8 Å². The van der Waals surface area contributed by atoms with Crippen molar-refractivity contribution in [2.24, 2.45) is 16.1 Å². The molecule has 24 heavy (non-hydrogen) atoms. The Labute approximate surface area is 152 Å². The second kappa shape index (κ2) is 7.55. The number of primary amides is 1. The molecule has 2 rings (SSSR count). The first-order valence-corrected chi connectivity index (χ1v) is 9.17. The third kappa shape index (κ3) is 4.50. The number of amides is 1. The summed E-state index contributed by atoms with van der Waals surface area (Å²) in [4.78, 5) is 16.0. The smallest absolute Gasteiger partial charge is 0.224 e. The van der Waals surface area contributed by atoms with Gasteiger partial charge in [0.2, 0.25) is 5.91 Å². The van der Waals surface area contributed by atoms with E-state index in [1.807, 2.05) is 26.8 Å². The van der Waals surface area contributed by atoms with Gasteiger partial charge in [0.1, 0.15) is 0 Å². The molecule has 1 aromatic carbocycles. The number of carbonyl (C=O) groups is 1. The molecule has 1 fully saturated rings. The summed E-state index contributed by atoms with van der Waals surface area (Å²) >= 11 is 3.66. The van der Waals surface area contributed by atoms with E-state index in [9.17, 15) is 4.79 Å². The van der Waals surface area contributed by atoms with E-state index in [-0.39, 0.29) is 11.3 Å². The number of nitrogens with two attached hydrogens (primary N) is 1. The van der Waals surface area contributed by atoms with Crippen molar-refractivity contribution in [3.05, 3.63) is 34.3 Å². The summed E-state index contributed by atoms with van der Waals surface area (Å²) in [6.07, 6.45) is 2.32. The molecular weight excluding hydrogens is 368 g/mol. The minimum absolute atomic E-state index is 0.162. The van der Waals surface area contributed by atoms with Crippen LogP contribution in [-0.2, 0) is 10.2 Å². The normalized spacial score (nSPS) is 16.6. The van der Waals surface area contributed by atoms with Gasteiger partial charge in [0.25, 0.3) is 0 Å². The van der Waals surface area contributed by atoms with Crippen LogP contribution >= 0.6 is 15.9 Å². The van der Waals surface area contributed by atoms with Crippen LogP contribution in [0.25, 0.3) is 0 Å². The van der Waals surface area contributed by atoms with Gasteiger partial charge in [0.05, 0.1) is 12.0 Å². The Morgan fingerprint density at radius 2 is 2.00 bits per heavy atom. The summed E-state index contributed by atoms with van der Waals surface area (Å²) in [6.45, 7) is 7.60. The maximum atomic E-state index is 11.4. The van der Waals surface area contributed by atoms with Crippen LogP contribution < -0.4 is 16.4 Å². The standard InChI is InChI=1S/C18H27BrN4O/c1-4-21-16(22-11-17(2,3)15(20)24)23-12-18(9-10-18)13-7-5-6-8-14(13)19/h5-8H,4,9-12H2,1-3H3,(H2,20,24)(H2,21,22,23). The first-order valence-electron chi connectivity index (χ1n) is 8.38. The monoisotopic (exact) mass is 394 g/mol. The zero-order valence-corrected chi connectivity index (χ0v) is 16.2. The minimum Gasteiger partial charge on any atom is -0.369 e. The Hall–Kier alpha value is -1.56. The summed E-state index contributed by atoms with van der Waals surface area (Å²) in [5.74, 6) is 0.388. The molecule has 0 aromatic heterocycles. The van der Waals surface area contributed by atoms with Crippen molar-refractivity contribution in [3.63, 3.8) is 0 Å². The number of halogens is 1. The third-order valence-corrected chi connectivity index (χ3v) is 5.23. The van der Waals surface area contributed by atoms with Crippen LogP contribution in [0.1, 0.15) is 39.2 Å². The number of benzene rings is 1. The van der Waals surface area contributed by atoms with Crippen molar-refractivity contribution in [1.82, 2.24) is 10.6 Å². The average molecular weight is 395 g/mol. The van der Waals surface area contributed by atoms with Crippen LogP contribution in [0.4, 0.5) is 0 Å². The second-order valence-corrected chi connectivity index (χ2v) is 7.91. The quantitative estimate of drug-likeness (QED) is 0.490. The van der Waals surface area contributed by atoms with Gasteiger partial charge in [0.15, 0.2) is 5.96 Å². The van der Waals surface area contributed by atoms with Crippen LogP contribution in [-0.4, -0.2) is 31.5 Å². The minimum atomic E-state index is -0.651. The van der Waals surface area contributed by atoms with Gasteiger partial charge in [-0.15, -0.1) is 0 Å². The predicted molar refractivity (Wildman–Crippen MR) is 102 cm³/mol. The first kappa shape index (κ1) is 18.8. The van der Waals surface area contributed by atoms with Gasteiger partial charge in [-0.1, -0.05) is 34.1 Å². The molecule has 0 unspecified atom stereocenters. The molecule has 1 aliphatic rings. The topological polar surface area (TPSA) is 79.5 Å². The van der Waals surface area contributed by atoms with Crippen molar-refractivity contribution in [2.75, 3.05) is 19.6 Å². The fourth-order valence-electron chi connectivity index (χ4n) is 2.53. The van der Waals surface area contributed by atoms with Gasteiger partial charge < -0.3 is 16.4 Å². The fourth-order valence-corrected chi connectivity index (χ4v) is 3.24. The number of hydrogen-bond donors (Lipinski definition) is 3. The molecule has 0 heterocycles. The van der Waals surface area contributed by atoms with E-state index in [1.54, 1.807) is 0 Å². The molecule has 1 aromatic rings. The van der Waals surface area contributed by atoms with Crippen LogP contribution in [0.3, 0.4) is 0 Å². The van der Waals surface area contributed by atoms with Crippen LogP contribution in [0.2, 0.25) is 0 Å². The van der Waals surface area contributed by atoms with Gasteiger partial charge in [0, 0.05) is 23.0 Å². The van der Waals surface area contributed by atoms with Crippen molar-refractivity contribution in [1.29, 1.82) is 0 Å². The summed E-state index contributed by atoms with van der Waals surface area (Å²) in [5, 5.41) is 6.66. The van der Waals surface area contributed by atoms with Crippen LogP contribution in [0.5, 0.6) is 0 Å². The number of aliphatic imine (C=N–C) groups is 1. The van der Waals surface area contributed by atoms with Crippen LogP contribution in [0, 0.1) is 5.41 Å². The van der Waals surface area contributed by atoms with E-state index in [0.717, 1.165) is 36.4 Å². The molecule has 1 saturated carbocycles. The molecule has 0 saturated heterocycles. The zero-order valence-electron chi connectivity index (χ0n) is 14.7. The molecule has 1 aliphatic carbocycles. The third-order valence-electron chi connectivity index (χ3n) is 4.54. The van der Waals surface area contributed by atoms with Crippen molar-refractivity contribution in [2.45, 2.75) is 39.0 Å². The highest BCUT2D eigenvalue weighted by Gasteiger charge is 2.45. The number of guanidine groups is 1. The SMILES string of the molecule is CCNC(=NCC(C)(C)C(N)=O)NCC1(c2ccccc2Br)CC1. The molecule has 4 N–H and O–H groups in total. The Morgan fingerprint density at radius 3 is 2.54 bits per heavy atom. The average Bonchev–Trinajstić information content (AvgIpc) is 3.31. The van der Waals surface area contributed by atoms with E-state index in [1.165, 1.54) is 5.56 Å². The Morgan fingerprint density at radius 1 is 1.33 bits per heavy atom. The highest BCUT2D eigenvalue weighted by Crippen LogP contribution is 2.49. The Balaban J connectivity index is 2.04. The van der Waals surface area contributed by atoms with E-state index < -0.39 is 5.41 Å². The lowest BCUT2D eigenvalue weighted by atomic mass is 9.93. The second-order valence-electron chi connectivity index (χ2n) is 7.06. The molecule has 0 aliphatic heterocycles. The Bertz CT molecular complexity index is 623. The number of hydrogen-bond acceptors (Lipinski definition) is 2. The van der Waals surface area contributed by atoms with Crippen molar-refractivity contribution in [3.8, 4) is 0 Å². The largest absolute Gasteiger partial charge is 0.369 e. The Kier molecular flexibility index (Phi) is 5.91. The maximum Gasteiger partial charge on any atom is 0.224 e. The number of carbonyl (C=O) groups excluding carboxylic acids is 1. The highest BCUT2D eigenvalue weighted by atomic mass is 79.9. The molecule has 0 atom stereocenters. The van der Waals surface area contributed by atoms with Gasteiger partial charge in [-0.3, -0.25) is 9.79 Å². The van der Waals surface area contributed by atoms with E-state index in [4.69, 9.17) is 5.73 Å². The lowest BCUT2D eigenvalue weighted by molar-refractivity contribution is -0.125. The van der Waals surface area contributed by atoms with Gasteiger partial charge in [-0.05, 0) is 45.2 Å². The lowest BCUT2D eigenvalue weighted by Crippen LogP contribution is -2.43. The van der Waals surface area contributed by atoms with E-state index >= 15 is 0 Å². The van der Waals surface area contributed by atoms with E-state index in [0.29, 0.717) is 6.54 Å². The molecule has 1 amide bonds. The molecule has 6 heteroatoms. The highest BCUT2D eigenvalue weighted by molar-refractivity contribution is 9.10. The fraction of sp³-hybridized carbons (Fsp3) is 0.556. The van der Waals surface area contributed by atoms with Gasteiger partial charge in [-0.25, -0.2) is 0 Å². The van der Waals surface area contributed by atoms with Gasteiger partial charge >= 0.3 is 0 Å². The zero-order chi connectivity index (χ0) is 17.8.